The molecule has 1 aliphatic heterocycles. The minimum Gasteiger partial charge on any atom is -0.488 e. The highest BCUT2D eigenvalue weighted by molar-refractivity contribution is 5.94. The number of fused-ring (bicyclic) bond motifs is 1. The topological polar surface area (TPSA) is 51.2 Å². The number of ether oxygens (including phenoxy) is 1. The van der Waals surface area contributed by atoms with E-state index in [9.17, 15) is 4.79 Å². The summed E-state index contributed by atoms with van der Waals surface area (Å²) in [5.41, 5.74) is 5.07. The summed E-state index contributed by atoms with van der Waals surface area (Å²) in [6, 6.07) is 19.4. The van der Waals surface area contributed by atoms with E-state index in [2.05, 4.69) is 29.4 Å². The SMILES string of the molecule is Cc1cccnc1-c1ccc2c(c1)C[C@H](CNC(=O)c1ccccc1)O2. The van der Waals surface area contributed by atoms with Crippen molar-refractivity contribution in [3.05, 3.63) is 83.6 Å². The predicted molar refractivity (Wildman–Crippen MR) is 101 cm³/mol. The van der Waals surface area contributed by atoms with Crippen molar-refractivity contribution in [2.24, 2.45) is 0 Å². The smallest absolute Gasteiger partial charge is 0.251 e. The molecular formula is C22H20N2O2. The second kappa shape index (κ2) is 7.00. The minimum atomic E-state index is -0.0741. The number of carbonyl (C=O) groups is 1. The standard InChI is InChI=1S/C22H20N2O2/c1-15-6-5-11-23-21(15)17-9-10-20-18(12-17)13-19(26-20)14-24-22(25)16-7-3-2-4-8-16/h2-12,19H,13-14H2,1H3,(H,24,25)/t19-/m1/s1. The lowest BCUT2D eigenvalue weighted by Gasteiger charge is -2.11. The van der Waals surface area contributed by atoms with E-state index in [0.29, 0.717) is 12.1 Å². The van der Waals surface area contributed by atoms with Crippen molar-refractivity contribution >= 4 is 5.91 Å². The molecule has 4 heteroatoms. The average Bonchev–Trinajstić information content (AvgIpc) is 3.09. The van der Waals surface area contributed by atoms with Crippen LogP contribution in [0.2, 0.25) is 0 Å². The Hall–Kier alpha value is -3.14. The summed E-state index contributed by atoms with van der Waals surface area (Å²) in [4.78, 5) is 16.7. The van der Waals surface area contributed by atoms with Crippen LogP contribution >= 0.6 is 0 Å². The summed E-state index contributed by atoms with van der Waals surface area (Å²) in [5, 5.41) is 2.95. The number of aryl methyl sites for hydroxylation is 1. The van der Waals surface area contributed by atoms with Crippen molar-refractivity contribution < 1.29 is 9.53 Å². The third kappa shape index (κ3) is 3.31. The molecule has 0 aliphatic carbocycles. The number of aromatic nitrogens is 1. The maximum Gasteiger partial charge on any atom is 0.251 e. The highest BCUT2D eigenvalue weighted by Gasteiger charge is 2.24. The number of nitrogens with zero attached hydrogens (tertiary/aromatic N) is 1. The van der Waals surface area contributed by atoms with E-state index in [1.807, 2.05) is 42.6 Å². The van der Waals surface area contributed by atoms with E-state index >= 15 is 0 Å². The van der Waals surface area contributed by atoms with Gasteiger partial charge in [0.15, 0.2) is 0 Å². The molecule has 0 saturated heterocycles. The molecule has 1 aromatic heterocycles. The number of rotatable bonds is 4. The normalized spacial score (nSPS) is 15.2. The summed E-state index contributed by atoms with van der Waals surface area (Å²) in [6.45, 7) is 2.55. The molecule has 0 radical (unpaired) electrons. The van der Waals surface area contributed by atoms with Gasteiger partial charge in [0.1, 0.15) is 11.9 Å². The molecule has 0 fully saturated rings. The first-order chi connectivity index (χ1) is 12.7. The first kappa shape index (κ1) is 16.3. The number of amides is 1. The zero-order chi connectivity index (χ0) is 17.9. The Morgan fingerprint density at radius 1 is 1.15 bits per heavy atom. The van der Waals surface area contributed by atoms with Gasteiger partial charge >= 0.3 is 0 Å². The predicted octanol–water partition coefficient (Wildman–Crippen LogP) is 3.79. The van der Waals surface area contributed by atoms with Crippen LogP contribution in [0.5, 0.6) is 5.75 Å². The van der Waals surface area contributed by atoms with Crippen LogP contribution in [0.1, 0.15) is 21.5 Å². The van der Waals surface area contributed by atoms with Crippen LogP contribution in [0, 0.1) is 6.92 Å². The highest BCUT2D eigenvalue weighted by Crippen LogP contribution is 2.33. The van der Waals surface area contributed by atoms with Crippen molar-refractivity contribution in [3.8, 4) is 17.0 Å². The Balaban J connectivity index is 1.43. The third-order valence-electron chi connectivity index (χ3n) is 4.61. The molecule has 130 valence electrons. The van der Waals surface area contributed by atoms with Gasteiger partial charge in [-0.05, 0) is 54.4 Å². The maximum atomic E-state index is 12.2. The quantitative estimate of drug-likeness (QED) is 0.783. The molecule has 0 spiro atoms. The zero-order valence-electron chi connectivity index (χ0n) is 14.6. The van der Waals surface area contributed by atoms with Crippen molar-refractivity contribution in [2.75, 3.05) is 6.54 Å². The monoisotopic (exact) mass is 344 g/mol. The Morgan fingerprint density at radius 3 is 2.81 bits per heavy atom. The molecule has 1 atom stereocenters. The van der Waals surface area contributed by atoms with Gasteiger partial charge in [-0.3, -0.25) is 9.78 Å². The lowest BCUT2D eigenvalue weighted by Crippen LogP contribution is -2.34. The van der Waals surface area contributed by atoms with Crippen LogP contribution in [0.15, 0.2) is 66.9 Å². The van der Waals surface area contributed by atoms with E-state index in [1.54, 1.807) is 12.1 Å². The van der Waals surface area contributed by atoms with Gasteiger partial charge in [-0.1, -0.05) is 24.3 Å². The summed E-state index contributed by atoms with van der Waals surface area (Å²) >= 11 is 0. The highest BCUT2D eigenvalue weighted by atomic mass is 16.5. The maximum absolute atomic E-state index is 12.2. The van der Waals surface area contributed by atoms with Gasteiger partial charge in [0.05, 0.1) is 12.2 Å². The van der Waals surface area contributed by atoms with Crippen LogP contribution in [-0.2, 0) is 6.42 Å². The van der Waals surface area contributed by atoms with Crippen LogP contribution in [0.4, 0.5) is 0 Å². The fourth-order valence-electron chi connectivity index (χ4n) is 3.27. The Kier molecular flexibility index (Phi) is 4.40. The van der Waals surface area contributed by atoms with Crippen LogP contribution < -0.4 is 10.1 Å². The van der Waals surface area contributed by atoms with Gasteiger partial charge in [0, 0.05) is 23.7 Å². The van der Waals surface area contributed by atoms with Gasteiger partial charge < -0.3 is 10.1 Å². The van der Waals surface area contributed by atoms with Crippen LogP contribution in [0.3, 0.4) is 0 Å². The summed E-state index contributed by atoms with van der Waals surface area (Å²) < 4.78 is 5.98. The lowest BCUT2D eigenvalue weighted by atomic mass is 10.0. The Labute approximate surface area is 152 Å². The molecule has 3 aromatic rings. The zero-order valence-corrected chi connectivity index (χ0v) is 14.6. The second-order valence-corrected chi connectivity index (χ2v) is 6.51. The average molecular weight is 344 g/mol. The fourth-order valence-corrected chi connectivity index (χ4v) is 3.27. The van der Waals surface area contributed by atoms with E-state index in [-0.39, 0.29) is 12.0 Å². The van der Waals surface area contributed by atoms with Gasteiger partial charge in [0.2, 0.25) is 0 Å². The van der Waals surface area contributed by atoms with E-state index in [4.69, 9.17) is 4.74 Å². The van der Waals surface area contributed by atoms with Crippen LogP contribution in [0.25, 0.3) is 11.3 Å². The molecule has 0 unspecified atom stereocenters. The molecule has 0 bridgehead atoms. The van der Waals surface area contributed by atoms with Crippen LogP contribution in [-0.4, -0.2) is 23.5 Å². The van der Waals surface area contributed by atoms with Gasteiger partial charge in [-0.2, -0.15) is 0 Å². The van der Waals surface area contributed by atoms with Crippen molar-refractivity contribution in [1.82, 2.24) is 10.3 Å². The van der Waals surface area contributed by atoms with Crippen molar-refractivity contribution in [3.63, 3.8) is 0 Å². The molecule has 4 nitrogen and oxygen atoms in total. The molecule has 2 aromatic carbocycles. The summed E-state index contributed by atoms with van der Waals surface area (Å²) in [6.07, 6.45) is 2.55. The van der Waals surface area contributed by atoms with Gasteiger partial charge in [0.25, 0.3) is 5.91 Å². The van der Waals surface area contributed by atoms with Crippen molar-refractivity contribution in [2.45, 2.75) is 19.4 Å². The van der Waals surface area contributed by atoms with Gasteiger partial charge in [-0.15, -0.1) is 0 Å². The molecule has 4 rings (SSSR count). The van der Waals surface area contributed by atoms with Gasteiger partial charge in [-0.25, -0.2) is 0 Å². The largest absolute Gasteiger partial charge is 0.488 e. The summed E-state index contributed by atoms with van der Waals surface area (Å²) in [5.74, 6) is 0.816. The number of hydrogen-bond donors (Lipinski definition) is 1. The van der Waals surface area contributed by atoms with Crippen molar-refractivity contribution in [1.29, 1.82) is 0 Å². The minimum absolute atomic E-state index is 0.0438. The molecule has 2 heterocycles. The van der Waals surface area contributed by atoms with E-state index in [1.165, 1.54) is 0 Å². The first-order valence-electron chi connectivity index (χ1n) is 8.75. The molecule has 1 N–H and O–H groups in total. The number of carbonyl (C=O) groups excluding carboxylic acids is 1. The number of hydrogen-bond acceptors (Lipinski definition) is 3. The molecule has 1 aliphatic rings. The molecule has 26 heavy (non-hydrogen) atoms. The first-order valence-corrected chi connectivity index (χ1v) is 8.75. The van der Waals surface area contributed by atoms with E-state index in [0.717, 1.165) is 34.6 Å². The second-order valence-electron chi connectivity index (χ2n) is 6.51. The molecule has 0 saturated carbocycles. The lowest BCUT2D eigenvalue weighted by molar-refractivity contribution is 0.0933. The summed E-state index contributed by atoms with van der Waals surface area (Å²) in [7, 11) is 0. The van der Waals surface area contributed by atoms with E-state index < -0.39 is 0 Å². The number of nitrogens with one attached hydrogen (secondary N) is 1. The number of pyridine rings is 1. The molecular weight excluding hydrogens is 324 g/mol. The number of benzene rings is 2. The molecule has 1 amide bonds. The fraction of sp³-hybridized carbons (Fsp3) is 0.182. The Morgan fingerprint density at radius 2 is 2.00 bits per heavy atom. The third-order valence-corrected chi connectivity index (χ3v) is 4.61. The Bertz CT molecular complexity index is 938.